The van der Waals surface area contributed by atoms with Crippen molar-refractivity contribution in [1.82, 2.24) is 0 Å². The first kappa shape index (κ1) is 15.6. The first-order valence-electron chi connectivity index (χ1n) is 6.72. The molecule has 0 aliphatic carbocycles. The summed E-state index contributed by atoms with van der Waals surface area (Å²) in [5.41, 5.74) is 2.52. The molecule has 0 aliphatic rings. The van der Waals surface area contributed by atoms with Crippen LogP contribution in [0.15, 0.2) is 42.5 Å². The molecule has 0 spiro atoms. The molecule has 0 unspecified atom stereocenters. The Kier molecular flexibility index (Phi) is 5.20. The highest BCUT2D eigenvalue weighted by molar-refractivity contribution is 6.30. The van der Waals surface area contributed by atoms with Crippen molar-refractivity contribution in [3.63, 3.8) is 0 Å². The van der Waals surface area contributed by atoms with Crippen LogP contribution in [0, 0.1) is 22.7 Å². The maximum atomic E-state index is 9.40. The molecule has 2 rings (SSSR count). The zero-order chi connectivity index (χ0) is 15.9. The van der Waals surface area contributed by atoms with Gasteiger partial charge >= 0.3 is 0 Å². The standard InChI is InChI=1S/C18H13ClN2O/c1-2-22-18-8-7-17(19)10-15(18)9-16(12-21)14-5-3-13(11-20)4-6-14/h3-10H,2H2,1H3/b16-9-. The second-order valence-electron chi connectivity index (χ2n) is 4.47. The summed E-state index contributed by atoms with van der Waals surface area (Å²) >= 11 is 6.03. The number of halogens is 1. The zero-order valence-corrected chi connectivity index (χ0v) is 12.8. The van der Waals surface area contributed by atoms with E-state index in [1.807, 2.05) is 6.92 Å². The van der Waals surface area contributed by atoms with Gasteiger partial charge in [-0.1, -0.05) is 23.7 Å². The quantitative estimate of drug-likeness (QED) is 0.609. The van der Waals surface area contributed by atoms with Gasteiger partial charge in [0.05, 0.1) is 29.9 Å². The molecule has 0 atom stereocenters. The van der Waals surface area contributed by atoms with E-state index in [2.05, 4.69) is 12.1 Å². The summed E-state index contributed by atoms with van der Waals surface area (Å²) < 4.78 is 5.55. The smallest absolute Gasteiger partial charge is 0.126 e. The minimum atomic E-state index is 0.479. The van der Waals surface area contributed by atoms with Crippen molar-refractivity contribution in [3.05, 3.63) is 64.2 Å². The van der Waals surface area contributed by atoms with Crippen LogP contribution in [0.2, 0.25) is 5.02 Å². The monoisotopic (exact) mass is 308 g/mol. The molecule has 0 N–H and O–H groups in total. The summed E-state index contributed by atoms with van der Waals surface area (Å²) in [5, 5.41) is 18.8. The highest BCUT2D eigenvalue weighted by Gasteiger charge is 2.06. The van der Waals surface area contributed by atoms with Crippen LogP contribution in [-0.2, 0) is 0 Å². The zero-order valence-electron chi connectivity index (χ0n) is 12.0. The van der Waals surface area contributed by atoms with Gasteiger partial charge in [0.25, 0.3) is 0 Å². The van der Waals surface area contributed by atoms with E-state index in [4.69, 9.17) is 21.6 Å². The number of ether oxygens (including phenoxy) is 1. The molecule has 0 aromatic heterocycles. The van der Waals surface area contributed by atoms with Gasteiger partial charge in [-0.3, -0.25) is 0 Å². The summed E-state index contributed by atoms with van der Waals surface area (Å²) in [6.45, 7) is 2.43. The first-order valence-corrected chi connectivity index (χ1v) is 7.10. The van der Waals surface area contributed by atoms with Crippen molar-refractivity contribution in [3.8, 4) is 17.9 Å². The molecular formula is C18H13ClN2O. The molecule has 0 amide bonds. The van der Waals surface area contributed by atoms with Gasteiger partial charge in [-0.05, 0) is 48.9 Å². The van der Waals surface area contributed by atoms with Crippen molar-refractivity contribution in [1.29, 1.82) is 10.5 Å². The van der Waals surface area contributed by atoms with Crippen LogP contribution in [-0.4, -0.2) is 6.61 Å². The summed E-state index contributed by atoms with van der Waals surface area (Å²) in [6, 6.07) is 16.4. The van der Waals surface area contributed by atoms with Gasteiger partial charge in [-0.15, -0.1) is 0 Å². The molecule has 0 bridgehead atoms. The van der Waals surface area contributed by atoms with Crippen molar-refractivity contribution >= 4 is 23.3 Å². The summed E-state index contributed by atoms with van der Waals surface area (Å²) in [5.74, 6) is 0.674. The van der Waals surface area contributed by atoms with Crippen molar-refractivity contribution in [2.75, 3.05) is 6.61 Å². The topological polar surface area (TPSA) is 56.8 Å². The Morgan fingerprint density at radius 2 is 1.91 bits per heavy atom. The molecule has 2 aromatic rings. The Morgan fingerprint density at radius 3 is 2.50 bits per heavy atom. The van der Waals surface area contributed by atoms with E-state index in [0.717, 1.165) is 11.1 Å². The van der Waals surface area contributed by atoms with Gasteiger partial charge in [0.2, 0.25) is 0 Å². The maximum Gasteiger partial charge on any atom is 0.126 e. The number of benzene rings is 2. The number of hydrogen-bond acceptors (Lipinski definition) is 3. The lowest BCUT2D eigenvalue weighted by Gasteiger charge is -2.08. The summed E-state index contributed by atoms with van der Waals surface area (Å²) in [4.78, 5) is 0. The van der Waals surface area contributed by atoms with Crippen LogP contribution in [0.3, 0.4) is 0 Å². The third kappa shape index (κ3) is 3.67. The minimum absolute atomic E-state index is 0.479. The van der Waals surface area contributed by atoms with Gasteiger partial charge in [0.15, 0.2) is 0 Å². The fraction of sp³-hybridized carbons (Fsp3) is 0.111. The molecule has 0 radical (unpaired) electrons. The van der Waals surface area contributed by atoms with Crippen molar-refractivity contribution in [2.24, 2.45) is 0 Å². The molecule has 108 valence electrons. The second-order valence-corrected chi connectivity index (χ2v) is 4.91. The largest absolute Gasteiger partial charge is 0.493 e. The molecule has 4 heteroatoms. The average Bonchev–Trinajstić information content (AvgIpc) is 2.55. The van der Waals surface area contributed by atoms with Gasteiger partial charge in [-0.25, -0.2) is 0 Å². The van der Waals surface area contributed by atoms with Crippen LogP contribution in [0.1, 0.15) is 23.6 Å². The number of rotatable bonds is 4. The number of nitrogens with zero attached hydrogens (tertiary/aromatic N) is 2. The molecule has 22 heavy (non-hydrogen) atoms. The van der Waals surface area contributed by atoms with E-state index < -0.39 is 0 Å². The highest BCUT2D eigenvalue weighted by Crippen LogP contribution is 2.27. The van der Waals surface area contributed by atoms with Gasteiger partial charge in [0.1, 0.15) is 5.75 Å². The van der Waals surface area contributed by atoms with E-state index in [9.17, 15) is 5.26 Å². The van der Waals surface area contributed by atoms with Crippen LogP contribution >= 0.6 is 11.6 Å². The fourth-order valence-electron chi connectivity index (χ4n) is 1.98. The summed E-state index contributed by atoms with van der Waals surface area (Å²) in [7, 11) is 0. The number of allylic oxidation sites excluding steroid dienone is 1. The van der Waals surface area contributed by atoms with Gasteiger partial charge < -0.3 is 4.74 Å². The van der Waals surface area contributed by atoms with Gasteiger partial charge in [0, 0.05) is 10.6 Å². The van der Waals surface area contributed by atoms with Crippen molar-refractivity contribution in [2.45, 2.75) is 6.92 Å². The lowest BCUT2D eigenvalue weighted by Crippen LogP contribution is -1.94. The third-order valence-corrected chi connectivity index (χ3v) is 3.25. The van der Waals surface area contributed by atoms with Crippen LogP contribution in [0.4, 0.5) is 0 Å². The Balaban J connectivity index is 2.46. The first-order chi connectivity index (χ1) is 10.7. The number of hydrogen-bond donors (Lipinski definition) is 0. The number of nitriles is 2. The molecule has 0 heterocycles. The van der Waals surface area contributed by atoms with Gasteiger partial charge in [-0.2, -0.15) is 10.5 Å². The SMILES string of the molecule is CCOc1ccc(Cl)cc1/C=C(/C#N)c1ccc(C#N)cc1. The average molecular weight is 309 g/mol. The highest BCUT2D eigenvalue weighted by atomic mass is 35.5. The molecule has 0 aliphatic heterocycles. The predicted octanol–water partition coefficient (Wildman–Crippen LogP) is 4.67. The summed E-state index contributed by atoms with van der Waals surface area (Å²) in [6.07, 6.45) is 1.73. The van der Waals surface area contributed by atoms with E-state index in [0.29, 0.717) is 28.5 Å². The van der Waals surface area contributed by atoms with Crippen molar-refractivity contribution < 1.29 is 4.74 Å². The van der Waals surface area contributed by atoms with Crippen LogP contribution in [0.5, 0.6) is 5.75 Å². The Bertz CT molecular complexity index is 780. The Labute approximate surface area is 134 Å². The van der Waals surface area contributed by atoms with Crippen LogP contribution in [0.25, 0.3) is 11.6 Å². The normalized spacial score (nSPS) is 10.6. The van der Waals surface area contributed by atoms with E-state index in [1.54, 1.807) is 48.5 Å². The van der Waals surface area contributed by atoms with E-state index >= 15 is 0 Å². The Morgan fingerprint density at radius 1 is 1.18 bits per heavy atom. The predicted molar refractivity (Wildman–Crippen MR) is 87.3 cm³/mol. The second kappa shape index (κ2) is 7.31. The molecule has 0 fully saturated rings. The fourth-order valence-corrected chi connectivity index (χ4v) is 2.16. The molecule has 0 saturated carbocycles. The van der Waals surface area contributed by atoms with Crippen LogP contribution < -0.4 is 4.74 Å². The minimum Gasteiger partial charge on any atom is -0.493 e. The third-order valence-electron chi connectivity index (χ3n) is 3.02. The maximum absolute atomic E-state index is 9.40. The lowest BCUT2D eigenvalue weighted by molar-refractivity contribution is 0.339. The van der Waals surface area contributed by atoms with E-state index in [1.165, 1.54) is 0 Å². The molecule has 3 nitrogen and oxygen atoms in total. The molecule has 0 saturated heterocycles. The molecule has 2 aromatic carbocycles. The van der Waals surface area contributed by atoms with E-state index in [-0.39, 0.29) is 0 Å². The molecular weight excluding hydrogens is 296 g/mol. The Hall–Kier alpha value is -2.75. The lowest BCUT2D eigenvalue weighted by atomic mass is 10.0.